The first-order valence-electron chi connectivity index (χ1n) is 7.83. The molecule has 0 unspecified atom stereocenters. The van der Waals surface area contributed by atoms with E-state index < -0.39 is 0 Å². The third kappa shape index (κ3) is 4.24. The second kappa shape index (κ2) is 7.94. The first-order valence-corrected chi connectivity index (χ1v) is 8.81. The van der Waals surface area contributed by atoms with E-state index in [-0.39, 0.29) is 17.5 Å². The molecule has 0 aliphatic heterocycles. The number of fused-ring (bicyclic) bond motifs is 1. The van der Waals surface area contributed by atoms with Gasteiger partial charge in [-0.1, -0.05) is 36.0 Å². The van der Waals surface area contributed by atoms with E-state index in [1.165, 1.54) is 30.1 Å². The van der Waals surface area contributed by atoms with Crippen LogP contribution in [0, 0.1) is 5.82 Å². The molecular weight excluding hydrogens is 339 g/mol. The average Bonchev–Trinajstić information content (AvgIpc) is 2.97. The van der Waals surface area contributed by atoms with Crippen molar-refractivity contribution in [1.29, 1.82) is 0 Å². The van der Waals surface area contributed by atoms with Crippen LogP contribution >= 0.6 is 11.8 Å². The highest BCUT2D eigenvalue weighted by atomic mass is 32.2. The lowest BCUT2D eigenvalue weighted by atomic mass is 10.2. The SMILES string of the molecule is CCn1c(SCC(=O)N/N=C/c2cccc(F)c2)nc2ccccc21. The monoisotopic (exact) mass is 356 g/mol. The summed E-state index contributed by atoms with van der Waals surface area (Å²) in [7, 11) is 0. The van der Waals surface area contributed by atoms with Gasteiger partial charge in [-0.05, 0) is 36.8 Å². The molecule has 1 N–H and O–H groups in total. The van der Waals surface area contributed by atoms with Crippen molar-refractivity contribution in [2.45, 2.75) is 18.6 Å². The highest BCUT2D eigenvalue weighted by Crippen LogP contribution is 2.23. The van der Waals surface area contributed by atoms with Gasteiger partial charge in [0.2, 0.25) is 0 Å². The van der Waals surface area contributed by atoms with Crippen molar-refractivity contribution in [2.75, 3.05) is 5.75 Å². The maximum Gasteiger partial charge on any atom is 0.250 e. The number of carbonyl (C=O) groups is 1. The van der Waals surface area contributed by atoms with Crippen molar-refractivity contribution in [3.63, 3.8) is 0 Å². The Morgan fingerprint density at radius 2 is 2.16 bits per heavy atom. The fourth-order valence-corrected chi connectivity index (χ4v) is 3.27. The number of rotatable bonds is 6. The Hall–Kier alpha value is -2.67. The van der Waals surface area contributed by atoms with Gasteiger partial charge in [-0.15, -0.1) is 0 Å². The molecule has 0 fully saturated rings. The van der Waals surface area contributed by atoms with Crippen LogP contribution < -0.4 is 5.43 Å². The summed E-state index contributed by atoms with van der Waals surface area (Å²) < 4.78 is 15.1. The Kier molecular flexibility index (Phi) is 5.45. The number of thioether (sulfide) groups is 1. The Balaban J connectivity index is 1.59. The fraction of sp³-hybridized carbons (Fsp3) is 0.167. The second-order valence-electron chi connectivity index (χ2n) is 5.26. The zero-order valence-corrected chi connectivity index (χ0v) is 14.5. The predicted octanol–water partition coefficient (Wildman–Crippen LogP) is 3.44. The van der Waals surface area contributed by atoms with Gasteiger partial charge in [-0.2, -0.15) is 5.10 Å². The van der Waals surface area contributed by atoms with E-state index in [9.17, 15) is 9.18 Å². The Morgan fingerprint density at radius 1 is 1.32 bits per heavy atom. The number of aryl methyl sites for hydroxylation is 1. The number of nitrogens with one attached hydrogen (secondary N) is 1. The van der Waals surface area contributed by atoms with Gasteiger partial charge in [-0.25, -0.2) is 14.8 Å². The third-order valence-corrected chi connectivity index (χ3v) is 4.50. The zero-order chi connectivity index (χ0) is 17.6. The molecule has 0 atom stereocenters. The van der Waals surface area contributed by atoms with Crippen LogP contribution in [0.1, 0.15) is 12.5 Å². The van der Waals surface area contributed by atoms with Crippen molar-refractivity contribution in [2.24, 2.45) is 5.10 Å². The number of nitrogens with zero attached hydrogens (tertiary/aromatic N) is 3. The summed E-state index contributed by atoms with van der Waals surface area (Å²) in [6.07, 6.45) is 1.41. The largest absolute Gasteiger partial charge is 0.319 e. The number of hydrogen-bond donors (Lipinski definition) is 1. The van der Waals surface area contributed by atoms with E-state index in [2.05, 4.69) is 20.1 Å². The topological polar surface area (TPSA) is 59.3 Å². The summed E-state index contributed by atoms with van der Waals surface area (Å²) in [5.74, 6) is -0.388. The highest BCUT2D eigenvalue weighted by Gasteiger charge is 2.11. The number of amides is 1. The van der Waals surface area contributed by atoms with Crippen LogP contribution in [-0.2, 0) is 11.3 Å². The van der Waals surface area contributed by atoms with E-state index >= 15 is 0 Å². The van der Waals surface area contributed by atoms with Crippen molar-refractivity contribution in [3.05, 3.63) is 59.9 Å². The number of halogens is 1. The van der Waals surface area contributed by atoms with Crippen LogP contribution in [0.4, 0.5) is 4.39 Å². The van der Waals surface area contributed by atoms with Gasteiger partial charge in [0.15, 0.2) is 5.16 Å². The predicted molar refractivity (Wildman–Crippen MR) is 98.3 cm³/mol. The lowest BCUT2D eigenvalue weighted by Gasteiger charge is -2.04. The number of para-hydroxylation sites is 2. The van der Waals surface area contributed by atoms with Crippen molar-refractivity contribution < 1.29 is 9.18 Å². The molecule has 1 aromatic heterocycles. The number of imidazole rings is 1. The van der Waals surface area contributed by atoms with Crippen LogP contribution in [0.2, 0.25) is 0 Å². The number of benzene rings is 2. The van der Waals surface area contributed by atoms with Crippen molar-refractivity contribution in [3.8, 4) is 0 Å². The highest BCUT2D eigenvalue weighted by molar-refractivity contribution is 7.99. The second-order valence-corrected chi connectivity index (χ2v) is 6.21. The summed E-state index contributed by atoms with van der Waals surface area (Å²) >= 11 is 1.36. The van der Waals surface area contributed by atoms with E-state index in [0.29, 0.717) is 5.56 Å². The normalized spacial score (nSPS) is 11.3. The molecule has 0 radical (unpaired) electrons. The number of hydrogen-bond acceptors (Lipinski definition) is 4. The van der Waals surface area contributed by atoms with Gasteiger partial charge < -0.3 is 4.57 Å². The number of hydrazone groups is 1. The quantitative estimate of drug-likeness (QED) is 0.418. The smallest absolute Gasteiger partial charge is 0.250 e. The molecule has 128 valence electrons. The Labute approximate surface area is 148 Å². The van der Waals surface area contributed by atoms with E-state index in [4.69, 9.17) is 0 Å². The van der Waals surface area contributed by atoms with Crippen LogP contribution in [0.3, 0.4) is 0 Å². The van der Waals surface area contributed by atoms with Crippen LogP contribution in [0.15, 0.2) is 58.8 Å². The first kappa shape index (κ1) is 17.2. The van der Waals surface area contributed by atoms with Crippen LogP contribution in [-0.4, -0.2) is 27.4 Å². The van der Waals surface area contributed by atoms with Crippen molar-refractivity contribution >= 4 is 34.9 Å². The number of carbonyl (C=O) groups excluding carboxylic acids is 1. The Morgan fingerprint density at radius 3 is 2.96 bits per heavy atom. The molecule has 0 saturated heterocycles. The van der Waals surface area contributed by atoms with Gasteiger partial charge in [0.25, 0.3) is 5.91 Å². The minimum absolute atomic E-state index is 0.198. The fourth-order valence-electron chi connectivity index (χ4n) is 2.40. The molecule has 0 aliphatic carbocycles. The lowest BCUT2D eigenvalue weighted by Crippen LogP contribution is -2.20. The average molecular weight is 356 g/mol. The maximum absolute atomic E-state index is 13.1. The molecule has 1 heterocycles. The first-order chi connectivity index (χ1) is 12.2. The molecule has 3 rings (SSSR count). The molecule has 0 spiro atoms. The molecule has 25 heavy (non-hydrogen) atoms. The maximum atomic E-state index is 13.1. The molecule has 2 aromatic carbocycles. The summed E-state index contributed by atoms with van der Waals surface area (Å²) in [5, 5.41) is 4.65. The minimum Gasteiger partial charge on any atom is -0.319 e. The number of aromatic nitrogens is 2. The van der Waals surface area contributed by atoms with E-state index in [1.54, 1.807) is 12.1 Å². The molecule has 3 aromatic rings. The van der Waals surface area contributed by atoms with Gasteiger partial charge in [0.05, 0.1) is 23.0 Å². The molecule has 7 heteroatoms. The van der Waals surface area contributed by atoms with Gasteiger partial charge in [-0.3, -0.25) is 4.79 Å². The summed E-state index contributed by atoms with van der Waals surface area (Å²) in [4.78, 5) is 16.5. The molecule has 0 aliphatic rings. The van der Waals surface area contributed by atoms with Gasteiger partial charge >= 0.3 is 0 Å². The standard InChI is InChI=1S/C18H17FN4OS/c1-2-23-16-9-4-3-8-15(16)21-18(23)25-12-17(24)22-20-11-13-6-5-7-14(19)10-13/h3-11H,2,12H2,1H3,(H,22,24)/b20-11+. The lowest BCUT2D eigenvalue weighted by molar-refractivity contribution is -0.118. The van der Waals surface area contributed by atoms with Gasteiger partial charge in [0, 0.05) is 6.54 Å². The summed E-state index contributed by atoms with van der Waals surface area (Å²) in [6.45, 7) is 2.82. The molecule has 0 saturated carbocycles. The molecule has 1 amide bonds. The van der Waals surface area contributed by atoms with E-state index in [1.807, 2.05) is 31.2 Å². The van der Waals surface area contributed by atoms with E-state index in [0.717, 1.165) is 22.7 Å². The van der Waals surface area contributed by atoms with Crippen LogP contribution in [0.5, 0.6) is 0 Å². The Bertz CT molecular complexity index is 922. The minimum atomic E-state index is -0.343. The third-order valence-electron chi connectivity index (χ3n) is 3.52. The zero-order valence-electron chi connectivity index (χ0n) is 13.6. The summed E-state index contributed by atoms with van der Waals surface area (Å²) in [5.41, 5.74) is 4.99. The molecule has 0 bridgehead atoms. The summed E-state index contributed by atoms with van der Waals surface area (Å²) in [6, 6.07) is 13.9. The van der Waals surface area contributed by atoms with Crippen molar-refractivity contribution in [1.82, 2.24) is 15.0 Å². The van der Waals surface area contributed by atoms with Crippen LogP contribution in [0.25, 0.3) is 11.0 Å². The molecule has 5 nitrogen and oxygen atoms in total. The van der Waals surface area contributed by atoms with Gasteiger partial charge in [0.1, 0.15) is 5.82 Å². The molecular formula is C18H17FN4OS.